The number of likely N-dealkylation sites (N-methyl/N-ethyl adjacent to an activating group) is 1. The molecular weight excluding hydrogens is 577 g/mol. The number of nitrogens with one attached hydrogen (secondary N) is 1. The molecule has 0 bridgehead atoms. The summed E-state index contributed by atoms with van der Waals surface area (Å²) in [5.74, 6) is -1.25. The Bertz CT molecular complexity index is 1410. The molecule has 0 atom stereocenters. The van der Waals surface area contributed by atoms with Gasteiger partial charge in [0.2, 0.25) is 15.9 Å². The van der Waals surface area contributed by atoms with Crippen molar-refractivity contribution < 1.29 is 41.0 Å². The van der Waals surface area contributed by atoms with E-state index < -0.39 is 22.2 Å². The first-order chi connectivity index (χ1) is 19.5. The van der Waals surface area contributed by atoms with Crippen LogP contribution in [0, 0.1) is 20.8 Å². The average molecular weight is 615 g/mol. The van der Waals surface area contributed by atoms with Crippen LogP contribution in [0.25, 0.3) is 0 Å². The van der Waals surface area contributed by atoms with E-state index in [1.165, 1.54) is 11.4 Å². The number of methoxy groups -OCH3 is 1. The van der Waals surface area contributed by atoms with Gasteiger partial charge < -0.3 is 20.1 Å². The number of carboxylic acid groups (broad SMARTS) is 1. The van der Waals surface area contributed by atoms with E-state index in [1.54, 1.807) is 39.0 Å². The summed E-state index contributed by atoms with van der Waals surface area (Å²) in [5, 5.41) is 10.4. The highest BCUT2D eigenvalue weighted by molar-refractivity contribution is 7.89. The zero-order valence-corrected chi connectivity index (χ0v) is 25.3. The van der Waals surface area contributed by atoms with Gasteiger partial charge in [0, 0.05) is 45.7 Å². The quantitative estimate of drug-likeness (QED) is 0.420. The number of hydrogen-bond donors (Lipinski definition) is 2. The average Bonchev–Trinajstić information content (AvgIpc) is 3.47. The Morgan fingerprint density at radius 2 is 1.67 bits per heavy atom. The van der Waals surface area contributed by atoms with Gasteiger partial charge in [0.25, 0.3) is 0 Å². The predicted molar refractivity (Wildman–Crippen MR) is 153 cm³/mol. The summed E-state index contributed by atoms with van der Waals surface area (Å²) in [6.07, 6.45) is -4.25. The molecule has 232 valence electrons. The molecule has 14 heteroatoms. The Kier molecular flexibility index (Phi) is 11.9. The molecule has 0 saturated carbocycles. The van der Waals surface area contributed by atoms with Crippen LogP contribution in [0.3, 0.4) is 0 Å². The maximum Gasteiger partial charge on any atom is 0.490 e. The highest BCUT2D eigenvalue weighted by atomic mass is 32.2. The second-order valence-electron chi connectivity index (χ2n) is 9.77. The molecule has 0 radical (unpaired) electrons. The number of carbonyl (C=O) groups is 2. The predicted octanol–water partition coefficient (Wildman–Crippen LogP) is 3.32. The summed E-state index contributed by atoms with van der Waals surface area (Å²) in [5.41, 5.74) is 4.28. The Labute approximate surface area is 244 Å². The van der Waals surface area contributed by atoms with Crippen LogP contribution in [0.2, 0.25) is 0 Å². The second kappa shape index (κ2) is 14.5. The van der Waals surface area contributed by atoms with Crippen molar-refractivity contribution in [1.29, 1.82) is 0 Å². The number of aryl methyl sites for hydroxylation is 1. The lowest BCUT2D eigenvalue weighted by molar-refractivity contribution is -0.192. The van der Waals surface area contributed by atoms with Crippen LogP contribution in [-0.4, -0.2) is 94.0 Å². The van der Waals surface area contributed by atoms with Gasteiger partial charge in [-0.15, -0.1) is 0 Å². The minimum atomic E-state index is -5.08. The molecule has 2 aromatic carbocycles. The van der Waals surface area contributed by atoms with Gasteiger partial charge in [-0.3, -0.25) is 9.79 Å². The number of hydrogen-bond acceptors (Lipinski definition) is 7. The molecular formula is C28H37F3N4O6S. The van der Waals surface area contributed by atoms with Gasteiger partial charge in [0.05, 0.1) is 18.6 Å². The van der Waals surface area contributed by atoms with E-state index in [9.17, 15) is 26.4 Å². The first kappa shape index (κ1) is 34.6. The monoisotopic (exact) mass is 614 g/mol. The summed E-state index contributed by atoms with van der Waals surface area (Å²) in [4.78, 5) is 28.0. The van der Waals surface area contributed by atoms with E-state index in [1.807, 2.05) is 19.1 Å². The summed E-state index contributed by atoms with van der Waals surface area (Å²) < 4.78 is 64.9. The fourth-order valence-electron chi connectivity index (χ4n) is 4.19. The lowest BCUT2D eigenvalue weighted by atomic mass is 10.1. The maximum atomic E-state index is 13.3. The number of ether oxygens (including phenoxy) is 1. The van der Waals surface area contributed by atoms with Crippen molar-refractivity contribution in [2.75, 3.05) is 47.4 Å². The number of amidine groups is 1. The largest absolute Gasteiger partial charge is 0.496 e. The highest BCUT2D eigenvalue weighted by Crippen LogP contribution is 2.32. The second-order valence-corrected chi connectivity index (χ2v) is 11.8. The Morgan fingerprint density at radius 3 is 2.17 bits per heavy atom. The molecule has 2 aromatic rings. The molecule has 0 aromatic heterocycles. The van der Waals surface area contributed by atoms with Crippen LogP contribution in [-0.2, 0) is 26.0 Å². The van der Waals surface area contributed by atoms with Crippen molar-refractivity contribution in [2.24, 2.45) is 4.99 Å². The molecule has 0 fully saturated rings. The molecule has 2 N–H and O–H groups in total. The van der Waals surface area contributed by atoms with Crippen LogP contribution in [0.15, 0.2) is 40.2 Å². The van der Waals surface area contributed by atoms with Gasteiger partial charge in [0.1, 0.15) is 11.6 Å². The third kappa shape index (κ3) is 8.92. The van der Waals surface area contributed by atoms with Gasteiger partial charge in [-0.2, -0.15) is 13.2 Å². The molecule has 0 spiro atoms. The van der Waals surface area contributed by atoms with E-state index in [0.717, 1.165) is 42.0 Å². The van der Waals surface area contributed by atoms with Crippen LogP contribution in [0.5, 0.6) is 5.75 Å². The first-order valence-corrected chi connectivity index (χ1v) is 14.5. The third-order valence-corrected chi connectivity index (χ3v) is 8.96. The molecule has 1 amide bonds. The number of amides is 1. The van der Waals surface area contributed by atoms with Gasteiger partial charge in [-0.05, 0) is 55.5 Å². The van der Waals surface area contributed by atoms with Crippen LogP contribution >= 0.6 is 0 Å². The molecule has 1 aliphatic rings. The molecule has 42 heavy (non-hydrogen) atoms. The normalized spacial score (nSPS) is 13.1. The molecule has 1 heterocycles. The summed E-state index contributed by atoms with van der Waals surface area (Å²) in [6.45, 7) is 7.74. The first-order valence-electron chi connectivity index (χ1n) is 13.0. The number of carbonyl (C=O) groups excluding carboxylic acids is 1. The third-order valence-electron chi connectivity index (χ3n) is 6.81. The van der Waals surface area contributed by atoms with Crippen molar-refractivity contribution in [2.45, 2.75) is 44.7 Å². The smallest absolute Gasteiger partial charge is 0.490 e. The minimum Gasteiger partial charge on any atom is -0.496 e. The fourth-order valence-corrected chi connectivity index (χ4v) is 5.84. The Morgan fingerprint density at radius 1 is 1.07 bits per heavy atom. The standard InChI is InChI=1S/C26H36N4O4S.C2HF3O2/c1-18-17-23(34-6)19(2)20(3)25(18)35(32,33)30(5)16-12-24(31)29(4)15-11-21-7-9-22(10-8-21)26-27-13-14-28-26;3-2(4,5)1(6)7/h7-10,17H,11-16H2,1-6H3,(H,27,28);(H,6,7). The zero-order chi connectivity index (χ0) is 31.8. The van der Waals surface area contributed by atoms with Crippen LogP contribution < -0.4 is 10.1 Å². The fraction of sp³-hybridized carbons (Fsp3) is 0.464. The van der Waals surface area contributed by atoms with Gasteiger partial charge in [-0.25, -0.2) is 17.5 Å². The number of alkyl halides is 3. The van der Waals surface area contributed by atoms with Crippen LogP contribution in [0.4, 0.5) is 13.2 Å². The van der Waals surface area contributed by atoms with E-state index in [-0.39, 0.29) is 23.8 Å². The van der Waals surface area contributed by atoms with E-state index in [2.05, 4.69) is 22.4 Å². The van der Waals surface area contributed by atoms with Gasteiger partial charge in [0.15, 0.2) is 0 Å². The number of carboxylic acids is 1. The molecule has 0 saturated heterocycles. The number of sulfonamides is 1. The van der Waals surface area contributed by atoms with Crippen molar-refractivity contribution >= 4 is 27.7 Å². The molecule has 1 aliphatic heterocycles. The summed E-state index contributed by atoms with van der Waals surface area (Å²) in [6, 6.07) is 9.93. The Balaban J connectivity index is 0.000000782. The number of rotatable bonds is 10. The number of halogens is 3. The van der Waals surface area contributed by atoms with Gasteiger partial charge >= 0.3 is 12.1 Å². The van der Waals surface area contributed by atoms with Crippen molar-refractivity contribution in [3.63, 3.8) is 0 Å². The molecule has 0 unspecified atom stereocenters. The molecule has 3 rings (SSSR count). The van der Waals surface area contributed by atoms with Crippen molar-refractivity contribution in [1.82, 2.24) is 14.5 Å². The molecule has 0 aliphatic carbocycles. The van der Waals surface area contributed by atoms with E-state index in [0.29, 0.717) is 23.4 Å². The number of aliphatic carboxylic acids is 1. The SMILES string of the molecule is COc1cc(C)c(S(=O)(=O)N(C)CCC(=O)N(C)CCc2ccc(C3=NCCN3)cc2)c(C)c1C.O=C(O)C(F)(F)F. The summed E-state index contributed by atoms with van der Waals surface area (Å²) in [7, 11) is 1.10. The zero-order valence-electron chi connectivity index (χ0n) is 24.5. The lowest BCUT2D eigenvalue weighted by Crippen LogP contribution is -2.35. The number of nitrogens with zero attached hydrogens (tertiary/aromatic N) is 3. The van der Waals surface area contributed by atoms with Crippen molar-refractivity contribution in [3.8, 4) is 5.75 Å². The molecule has 10 nitrogen and oxygen atoms in total. The Hall–Kier alpha value is -3.65. The topological polar surface area (TPSA) is 129 Å². The highest BCUT2D eigenvalue weighted by Gasteiger charge is 2.38. The van der Waals surface area contributed by atoms with Crippen LogP contribution in [0.1, 0.15) is 34.2 Å². The van der Waals surface area contributed by atoms with Crippen molar-refractivity contribution in [3.05, 3.63) is 58.1 Å². The van der Waals surface area contributed by atoms with E-state index in [4.69, 9.17) is 14.6 Å². The lowest BCUT2D eigenvalue weighted by Gasteiger charge is -2.23. The maximum absolute atomic E-state index is 13.3. The van der Waals surface area contributed by atoms with E-state index >= 15 is 0 Å². The number of benzene rings is 2. The summed E-state index contributed by atoms with van der Waals surface area (Å²) >= 11 is 0. The van der Waals surface area contributed by atoms with Gasteiger partial charge in [-0.1, -0.05) is 24.3 Å². The minimum absolute atomic E-state index is 0.0902. The number of aliphatic imine (C=N–C) groups is 1.